The average molecular weight is 398 g/mol. The zero-order valence-electron chi connectivity index (χ0n) is 15.8. The highest BCUT2D eigenvalue weighted by Crippen LogP contribution is 2.22. The van der Waals surface area contributed by atoms with Crippen molar-refractivity contribution < 1.29 is 9.59 Å². The molecule has 0 fully saturated rings. The fourth-order valence-corrected chi connectivity index (χ4v) is 2.85. The second-order valence-electron chi connectivity index (χ2n) is 6.47. The fourth-order valence-electron chi connectivity index (χ4n) is 2.68. The average Bonchev–Trinajstić information content (AvgIpc) is 2.67. The third-order valence-electron chi connectivity index (χ3n) is 4.03. The molecule has 144 valence electrons. The standard InChI is InChI=1S/C20H20ClN5O2/c1-4-22-19(27)13-9-16(24-15-8-6-5-7-12(13)15)25-20(28)17-14(21)10-23-18(26-17)11(2)3/h5-11H,4H2,1-3H3,(H,22,27)(H,24,25,28). The zero-order chi connectivity index (χ0) is 20.3. The molecule has 0 atom stereocenters. The van der Waals surface area contributed by atoms with Crippen LogP contribution in [0.15, 0.2) is 36.5 Å². The monoisotopic (exact) mass is 397 g/mol. The smallest absolute Gasteiger partial charge is 0.277 e. The van der Waals surface area contributed by atoms with Gasteiger partial charge in [0.05, 0.1) is 22.3 Å². The number of rotatable bonds is 5. The van der Waals surface area contributed by atoms with E-state index in [0.717, 1.165) is 0 Å². The topological polar surface area (TPSA) is 96.9 Å². The number of hydrogen-bond donors (Lipinski definition) is 2. The lowest BCUT2D eigenvalue weighted by atomic mass is 10.1. The summed E-state index contributed by atoms with van der Waals surface area (Å²) in [4.78, 5) is 38.0. The number of carbonyl (C=O) groups excluding carboxylic acids is 2. The number of anilines is 1. The molecule has 0 aliphatic rings. The van der Waals surface area contributed by atoms with Gasteiger partial charge < -0.3 is 10.6 Å². The van der Waals surface area contributed by atoms with E-state index in [2.05, 4.69) is 25.6 Å². The Bertz CT molecular complexity index is 1050. The minimum atomic E-state index is -0.515. The number of nitrogens with zero attached hydrogens (tertiary/aromatic N) is 3. The van der Waals surface area contributed by atoms with Crippen molar-refractivity contribution in [1.82, 2.24) is 20.3 Å². The number of para-hydroxylation sites is 1. The molecule has 0 aliphatic heterocycles. The molecule has 2 aromatic heterocycles. The van der Waals surface area contributed by atoms with Crippen LogP contribution >= 0.6 is 11.6 Å². The minimum Gasteiger partial charge on any atom is -0.352 e. The molecule has 2 N–H and O–H groups in total. The summed E-state index contributed by atoms with van der Waals surface area (Å²) >= 11 is 6.11. The Labute approximate surface area is 167 Å². The molecule has 0 bridgehead atoms. The molecule has 3 aromatic rings. The van der Waals surface area contributed by atoms with Crippen LogP contribution in [0.3, 0.4) is 0 Å². The molecule has 0 saturated heterocycles. The van der Waals surface area contributed by atoms with Crippen molar-refractivity contribution in [3.8, 4) is 0 Å². The van der Waals surface area contributed by atoms with Gasteiger partial charge in [-0.3, -0.25) is 9.59 Å². The number of nitrogens with one attached hydrogen (secondary N) is 2. The van der Waals surface area contributed by atoms with E-state index >= 15 is 0 Å². The van der Waals surface area contributed by atoms with Crippen molar-refractivity contribution in [1.29, 1.82) is 0 Å². The van der Waals surface area contributed by atoms with Gasteiger partial charge in [-0.1, -0.05) is 43.6 Å². The van der Waals surface area contributed by atoms with Gasteiger partial charge in [0.25, 0.3) is 11.8 Å². The Morgan fingerprint density at radius 3 is 2.61 bits per heavy atom. The first-order valence-electron chi connectivity index (χ1n) is 8.92. The van der Waals surface area contributed by atoms with Gasteiger partial charge in [0, 0.05) is 17.8 Å². The van der Waals surface area contributed by atoms with Gasteiger partial charge >= 0.3 is 0 Å². The Morgan fingerprint density at radius 1 is 1.14 bits per heavy atom. The summed E-state index contributed by atoms with van der Waals surface area (Å²) in [6, 6.07) is 8.79. The molecule has 0 radical (unpaired) electrons. The van der Waals surface area contributed by atoms with Crippen LogP contribution in [0.2, 0.25) is 5.02 Å². The molecule has 2 amide bonds. The van der Waals surface area contributed by atoms with Crippen LogP contribution in [0.25, 0.3) is 10.9 Å². The number of benzene rings is 1. The summed E-state index contributed by atoms with van der Waals surface area (Å²) < 4.78 is 0. The van der Waals surface area contributed by atoms with Crippen molar-refractivity contribution in [2.75, 3.05) is 11.9 Å². The lowest BCUT2D eigenvalue weighted by Gasteiger charge is -2.11. The van der Waals surface area contributed by atoms with E-state index in [1.54, 1.807) is 12.1 Å². The largest absolute Gasteiger partial charge is 0.352 e. The summed E-state index contributed by atoms with van der Waals surface area (Å²) in [6.45, 7) is 6.18. The van der Waals surface area contributed by atoms with E-state index in [1.807, 2.05) is 39.0 Å². The van der Waals surface area contributed by atoms with Gasteiger partial charge in [0.15, 0.2) is 5.69 Å². The SMILES string of the molecule is CCNC(=O)c1cc(NC(=O)c2nc(C(C)C)ncc2Cl)nc2ccccc12. The van der Waals surface area contributed by atoms with Crippen molar-refractivity contribution in [3.05, 3.63) is 58.6 Å². The van der Waals surface area contributed by atoms with E-state index in [9.17, 15) is 9.59 Å². The van der Waals surface area contributed by atoms with Crippen LogP contribution in [-0.2, 0) is 0 Å². The first kappa shape index (κ1) is 19.7. The van der Waals surface area contributed by atoms with E-state index in [1.165, 1.54) is 6.20 Å². The Hall–Kier alpha value is -3.06. The normalized spacial score (nSPS) is 10.9. The van der Waals surface area contributed by atoms with Gasteiger partial charge in [-0.25, -0.2) is 15.0 Å². The second kappa shape index (κ2) is 8.31. The zero-order valence-corrected chi connectivity index (χ0v) is 16.5. The molecule has 0 saturated carbocycles. The molecule has 0 unspecified atom stereocenters. The number of amides is 2. The van der Waals surface area contributed by atoms with Gasteiger partial charge in [-0.2, -0.15) is 0 Å². The third kappa shape index (κ3) is 4.09. The third-order valence-corrected chi connectivity index (χ3v) is 4.31. The summed E-state index contributed by atoms with van der Waals surface area (Å²) in [5.41, 5.74) is 1.09. The van der Waals surface area contributed by atoms with E-state index in [0.29, 0.717) is 28.8 Å². The highest BCUT2D eigenvalue weighted by molar-refractivity contribution is 6.33. The molecule has 0 aliphatic carbocycles. The molecule has 0 spiro atoms. The van der Waals surface area contributed by atoms with E-state index in [-0.39, 0.29) is 28.4 Å². The molecule has 1 aromatic carbocycles. The summed E-state index contributed by atoms with van der Waals surface area (Å²) in [7, 11) is 0. The van der Waals surface area contributed by atoms with Crippen LogP contribution in [0.1, 0.15) is 53.4 Å². The summed E-state index contributed by atoms with van der Waals surface area (Å²) in [6.07, 6.45) is 1.41. The molecular weight excluding hydrogens is 378 g/mol. The molecule has 28 heavy (non-hydrogen) atoms. The Morgan fingerprint density at radius 2 is 1.89 bits per heavy atom. The Kier molecular flexibility index (Phi) is 5.84. The minimum absolute atomic E-state index is 0.0481. The second-order valence-corrected chi connectivity index (χ2v) is 6.87. The van der Waals surface area contributed by atoms with E-state index in [4.69, 9.17) is 11.6 Å². The van der Waals surface area contributed by atoms with E-state index < -0.39 is 5.91 Å². The highest BCUT2D eigenvalue weighted by Gasteiger charge is 2.18. The van der Waals surface area contributed by atoms with Gasteiger partial charge in [-0.05, 0) is 19.1 Å². The number of hydrogen-bond acceptors (Lipinski definition) is 5. The summed E-state index contributed by atoms with van der Waals surface area (Å²) in [5.74, 6) is 0.0550. The number of carbonyl (C=O) groups is 2. The number of halogens is 1. The number of aromatic nitrogens is 3. The van der Waals surface area contributed by atoms with Crippen molar-refractivity contribution in [3.63, 3.8) is 0 Å². The van der Waals surface area contributed by atoms with Crippen LogP contribution in [0, 0.1) is 0 Å². The summed E-state index contributed by atoms with van der Waals surface area (Å²) in [5, 5.41) is 6.31. The lowest BCUT2D eigenvalue weighted by molar-refractivity contribution is 0.0955. The molecular formula is C20H20ClN5O2. The van der Waals surface area contributed by atoms with Gasteiger partial charge in [-0.15, -0.1) is 0 Å². The van der Waals surface area contributed by atoms with Crippen molar-refractivity contribution in [2.24, 2.45) is 0 Å². The fraction of sp³-hybridized carbons (Fsp3) is 0.250. The Balaban J connectivity index is 1.99. The quantitative estimate of drug-likeness (QED) is 0.682. The maximum absolute atomic E-state index is 12.7. The van der Waals surface area contributed by atoms with Crippen LogP contribution < -0.4 is 10.6 Å². The highest BCUT2D eigenvalue weighted by atomic mass is 35.5. The van der Waals surface area contributed by atoms with Crippen molar-refractivity contribution >= 4 is 40.1 Å². The van der Waals surface area contributed by atoms with Crippen LogP contribution in [-0.4, -0.2) is 33.3 Å². The first-order chi connectivity index (χ1) is 13.4. The van der Waals surface area contributed by atoms with Crippen LogP contribution in [0.5, 0.6) is 0 Å². The predicted octanol–water partition coefficient (Wildman–Crippen LogP) is 3.80. The maximum Gasteiger partial charge on any atom is 0.277 e. The predicted molar refractivity (Wildman–Crippen MR) is 109 cm³/mol. The van der Waals surface area contributed by atoms with Crippen LogP contribution in [0.4, 0.5) is 5.82 Å². The molecule has 2 heterocycles. The lowest BCUT2D eigenvalue weighted by Crippen LogP contribution is -2.23. The van der Waals surface area contributed by atoms with Gasteiger partial charge in [0.1, 0.15) is 11.6 Å². The number of fused-ring (bicyclic) bond motifs is 1. The first-order valence-corrected chi connectivity index (χ1v) is 9.30. The van der Waals surface area contributed by atoms with Crippen molar-refractivity contribution in [2.45, 2.75) is 26.7 Å². The molecule has 8 heteroatoms. The maximum atomic E-state index is 12.7. The molecule has 3 rings (SSSR count). The van der Waals surface area contributed by atoms with Gasteiger partial charge in [0.2, 0.25) is 0 Å². The number of pyridine rings is 1. The molecule has 7 nitrogen and oxygen atoms in total.